The molecule has 2 aromatic rings. The van der Waals surface area contributed by atoms with Gasteiger partial charge >= 0.3 is 12.0 Å². The third-order valence-corrected chi connectivity index (χ3v) is 6.17. The zero-order valence-corrected chi connectivity index (χ0v) is 15.4. The van der Waals surface area contributed by atoms with Crippen molar-refractivity contribution in [3.63, 3.8) is 0 Å². The summed E-state index contributed by atoms with van der Waals surface area (Å²) in [6.45, 7) is 0.719. The van der Waals surface area contributed by atoms with Gasteiger partial charge in [-0.1, -0.05) is 30.2 Å². The van der Waals surface area contributed by atoms with E-state index in [1.54, 1.807) is 17.0 Å². The summed E-state index contributed by atoms with van der Waals surface area (Å²) in [6, 6.07) is 6.85. The third kappa shape index (κ3) is 2.93. The molecule has 2 heterocycles. The summed E-state index contributed by atoms with van der Waals surface area (Å²) in [5.74, 6) is -0.273. The number of aliphatic carboxylic acids is 1. The van der Waals surface area contributed by atoms with E-state index in [9.17, 15) is 14.7 Å². The first-order valence-electron chi connectivity index (χ1n) is 8.37. The SMILES string of the molecule is O=C(Nc1nc(-c2cccc(Cl)c2)ns1)N1C[C@@H]2CCC[C@@]2(C(=O)O)C1. The molecular formula is C17H17ClN4O3S. The Morgan fingerprint density at radius 1 is 1.42 bits per heavy atom. The van der Waals surface area contributed by atoms with Crippen molar-refractivity contribution >= 4 is 40.3 Å². The molecule has 1 aliphatic carbocycles. The predicted octanol–water partition coefficient (Wildman–Crippen LogP) is 3.58. The van der Waals surface area contributed by atoms with Crippen LogP contribution in [0.3, 0.4) is 0 Å². The van der Waals surface area contributed by atoms with Crippen molar-refractivity contribution in [2.75, 3.05) is 18.4 Å². The molecule has 2 atom stereocenters. The van der Waals surface area contributed by atoms with E-state index in [0.29, 0.717) is 28.9 Å². The molecule has 0 unspecified atom stereocenters. The summed E-state index contributed by atoms with van der Waals surface area (Å²) in [5, 5.41) is 13.3. The van der Waals surface area contributed by atoms with Crippen LogP contribution in [0, 0.1) is 11.3 Å². The van der Waals surface area contributed by atoms with Crippen LogP contribution in [0.4, 0.5) is 9.93 Å². The number of amides is 2. The van der Waals surface area contributed by atoms with Crippen molar-refractivity contribution in [1.29, 1.82) is 0 Å². The highest BCUT2D eigenvalue weighted by molar-refractivity contribution is 7.10. The van der Waals surface area contributed by atoms with Gasteiger partial charge in [-0.3, -0.25) is 10.1 Å². The van der Waals surface area contributed by atoms with Crippen molar-refractivity contribution in [3.8, 4) is 11.4 Å². The van der Waals surface area contributed by atoms with Crippen molar-refractivity contribution in [2.24, 2.45) is 11.3 Å². The molecule has 0 spiro atoms. The Morgan fingerprint density at radius 2 is 2.27 bits per heavy atom. The first-order valence-corrected chi connectivity index (χ1v) is 9.52. The molecule has 7 nitrogen and oxygen atoms in total. The number of hydrogen-bond acceptors (Lipinski definition) is 5. The monoisotopic (exact) mass is 392 g/mol. The van der Waals surface area contributed by atoms with E-state index < -0.39 is 11.4 Å². The predicted molar refractivity (Wildman–Crippen MR) is 98.4 cm³/mol. The minimum absolute atomic E-state index is 0.0298. The first kappa shape index (κ1) is 17.2. The van der Waals surface area contributed by atoms with E-state index >= 15 is 0 Å². The Kier molecular flexibility index (Phi) is 4.32. The molecule has 0 radical (unpaired) electrons. The van der Waals surface area contributed by atoms with Crippen LogP contribution in [0.2, 0.25) is 5.02 Å². The molecule has 2 N–H and O–H groups in total. The van der Waals surface area contributed by atoms with E-state index in [1.807, 2.05) is 12.1 Å². The van der Waals surface area contributed by atoms with Gasteiger partial charge in [0, 0.05) is 35.2 Å². The average Bonchev–Trinajstić information content (AvgIpc) is 3.28. The highest BCUT2D eigenvalue weighted by atomic mass is 35.5. The average molecular weight is 393 g/mol. The number of nitrogens with zero attached hydrogens (tertiary/aromatic N) is 3. The number of carbonyl (C=O) groups is 2. The maximum atomic E-state index is 12.6. The minimum atomic E-state index is -0.797. The van der Waals surface area contributed by atoms with Crippen LogP contribution in [-0.4, -0.2) is 44.5 Å². The van der Waals surface area contributed by atoms with Crippen molar-refractivity contribution in [2.45, 2.75) is 19.3 Å². The smallest absolute Gasteiger partial charge is 0.323 e. The van der Waals surface area contributed by atoms with Gasteiger partial charge in [-0.05, 0) is 30.9 Å². The molecule has 1 saturated carbocycles. The molecule has 2 aliphatic rings. The summed E-state index contributed by atoms with van der Waals surface area (Å²) in [5.41, 5.74) is -0.0143. The van der Waals surface area contributed by atoms with E-state index in [2.05, 4.69) is 14.7 Å². The number of halogens is 1. The topological polar surface area (TPSA) is 95.4 Å². The fourth-order valence-electron chi connectivity index (χ4n) is 3.98. The number of carboxylic acids is 1. The Labute approximate surface area is 159 Å². The number of carboxylic acid groups (broad SMARTS) is 1. The molecule has 136 valence electrons. The second-order valence-electron chi connectivity index (χ2n) is 6.79. The highest BCUT2D eigenvalue weighted by Crippen LogP contribution is 2.48. The maximum absolute atomic E-state index is 12.6. The Hall–Kier alpha value is -2.19. The zero-order chi connectivity index (χ0) is 18.3. The van der Waals surface area contributed by atoms with Gasteiger partial charge in [-0.15, -0.1) is 0 Å². The summed E-state index contributed by atoms with van der Waals surface area (Å²) < 4.78 is 4.25. The number of hydrogen-bond donors (Lipinski definition) is 2. The fourth-order valence-corrected chi connectivity index (χ4v) is 4.75. The Balaban J connectivity index is 1.46. The summed E-state index contributed by atoms with van der Waals surface area (Å²) in [6.07, 6.45) is 2.40. The normalized spacial score (nSPS) is 24.5. The van der Waals surface area contributed by atoms with Gasteiger partial charge in [0.2, 0.25) is 5.13 Å². The minimum Gasteiger partial charge on any atom is -0.481 e. The molecule has 0 bridgehead atoms. The van der Waals surface area contributed by atoms with Gasteiger partial charge < -0.3 is 10.0 Å². The van der Waals surface area contributed by atoms with Crippen molar-refractivity contribution < 1.29 is 14.7 Å². The van der Waals surface area contributed by atoms with Crippen LogP contribution in [0.25, 0.3) is 11.4 Å². The molecular weight excluding hydrogens is 376 g/mol. The molecule has 2 fully saturated rings. The molecule has 4 rings (SSSR count). The molecule has 1 aromatic carbocycles. The van der Waals surface area contributed by atoms with Gasteiger partial charge in [0.25, 0.3) is 0 Å². The van der Waals surface area contributed by atoms with Gasteiger partial charge in [-0.2, -0.15) is 9.36 Å². The standard InChI is InChI=1S/C17H17ClN4O3S/c18-12-5-1-3-10(7-12)13-19-15(26-21-13)20-16(25)22-8-11-4-2-6-17(11,9-22)14(23)24/h1,3,5,7,11H,2,4,6,8-9H2,(H,23,24)(H,19,20,21,25)/t11-,17+/m0/s1. The van der Waals surface area contributed by atoms with Gasteiger partial charge in [0.05, 0.1) is 5.41 Å². The molecule has 1 aliphatic heterocycles. The van der Waals surface area contributed by atoms with Crippen LogP contribution in [0.1, 0.15) is 19.3 Å². The largest absolute Gasteiger partial charge is 0.481 e. The number of carbonyl (C=O) groups excluding carboxylic acids is 1. The number of fused-ring (bicyclic) bond motifs is 1. The number of urea groups is 1. The van der Waals surface area contributed by atoms with E-state index in [1.165, 1.54) is 0 Å². The molecule has 1 aromatic heterocycles. The third-order valence-electron chi connectivity index (χ3n) is 5.31. The summed E-state index contributed by atoms with van der Waals surface area (Å²) in [7, 11) is 0. The Morgan fingerprint density at radius 3 is 3.00 bits per heavy atom. The molecule has 2 amide bonds. The lowest BCUT2D eigenvalue weighted by atomic mass is 9.81. The fraction of sp³-hybridized carbons (Fsp3) is 0.412. The second kappa shape index (κ2) is 6.51. The van der Waals surface area contributed by atoms with Crippen LogP contribution in [-0.2, 0) is 4.79 Å². The zero-order valence-electron chi connectivity index (χ0n) is 13.8. The van der Waals surface area contributed by atoms with E-state index in [0.717, 1.165) is 29.9 Å². The lowest BCUT2D eigenvalue weighted by Gasteiger charge is -2.23. The summed E-state index contributed by atoms with van der Waals surface area (Å²) >= 11 is 7.07. The first-order chi connectivity index (χ1) is 12.5. The maximum Gasteiger partial charge on any atom is 0.323 e. The van der Waals surface area contributed by atoms with Crippen LogP contribution < -0.4 is 5.32 Å². The van der Waals surface area contributed by atoms with Gasteiger partial charge in [0.1, 0.15) is 0 Å². The number of aromatic nitrogens is 2. The van der Waals surface area contributed by atoms with E-state index in [-0.39, 0.29) is 18.5 Å². The lowest BCUT2D eigenvalue weighted by Crippen LogP contribution is -2.38. The van der Waals surface area contributed by atoms with Crippen LogP contribution >= 0.6 is 23.1 Å². The molecule has 1 saturated heterocycles. The molecule has 26 heavy (non-hydrogen) atoms. The van der Waals surface area contributed by atoms with Crippen LogP contribution in [0.15, 0.2) is 24.3 Å². The Bertz CT molecular complexity index is 873. The molecule has 9 heteroatoms. The van der Waals surface area contributed by atoms with Gasteiger partial charge in [-0.25, -0.2) is 4.79 Å². The van der Waals surface area contributed by atoms with Crippen molar-refractivity contribution in [3.05, 3.63) is 29.3 Å². The van der Waals surface area contributed by atoms with E-state index in [4.69, 9.17) is 11.6 Å². The highest BCUT2D eigenvalue weighted by Gasteiger charge is 2.55. The second-order valence-corrected chi connectivity index (χ2v) is 7.98. The van der Waals surface area contributed by atoms with Crippen molar-refractivity contribution in [1.82, 2.24) is 14.3 Å². The summed E-state index contributed by atoms with van der Waals surface area (Å²) in [4.78, 5) is 30.2. The number of nitrogens with one attached hydrogen (secondary N) is 1. The quantitative estimate of drug-likeness (QED) is 0.832. The number of rotatable bonds is 3. The number of anilines is 1. The number of benzene rings is 1. The van der Waals surface area contributed by atoms with Crippen LogP contribution in [0.5, 0.6) is 0 Å². The lowest BCUT2D eigenvalue weighted by molar-refractivity contribution is -0.149. The van der Waals surface area contributed by atoms with Gasteiger partial charge in [0.15, 0.2) is 5.82 Å². The number of likely N-dealkylation sites (tertiary alicyclic amines) is 1.